The van der Waals surface area contributed by atoms with Gasteiger partial charge in [0.05, 0.1) is 14.2 Å². The third-order valence-electron chi connectivity index (χ3n) is 2.26. The molecule has 0 amide bonds. The molecule has 0 aromatic carbocycles. The van der Waals surface area contributed by atoms with Crippen LogP contribution < -0.4 is 15.2 Å². The van der Waals surface area contributed by atoms with Crippen LogP contribution in [0.4, 0.5) is 0 Å². The Kier molecular flexibility index (Phi) is 4.37. The summed E-state index contributed by atoms with van der Waals surface area (Å²) in [6, 6.07) is 3.80. The van der Waals surface area contributed by atoms with Crippen LogP contribution in [0.5, 0.6) is 11.6 Å². The number of pyridine rings is 1. The van der Waals surface area contributed by atoms with Crippen LogP contribution in [0.2, 0.25) is 0 Å². The maximum atomic E-state index is 5.56. The van der Waals surface area contributed by atoms with E-state index in [9.17, 15) is 0 Å². The van der Waals surface area contributed by atoms with E-state index in [1.165, 1.54) is 0 Å². The summed E-state index contributed by atoms with van der Waals surface area (Å²) in [6.07, 6.45) is 0.858. The normalized spacial score (nSPS) is 12.3. The van der Waals surface area contributed by atoms with Gasteiger partial charge in [0.25, 0.3) is 5.88 Å². The Morgan fingerprint density at radius 2 is 2.07 bits per heavy atom. The molecule has 15 heavy (non-hydrogen) atoms. The zero-order valence-electron chi connectivity index (χ0n) is 9.49. The minimum absolute atomic E-state index is 0.426. The van der Waals surface area contributed by atoms with Gasteiger partial charge < -0.3 is 15.2 Å². The fourth-order valence-electron chi connectivity index (χ4n) is 1.32. The molecule has 0 aliphatic carbocycles. The van der Waals surface area contributed by atoms with E-state index in [-0.39, 0.29) is 0 Å². The monoisotopic (exact) mass is 210 g/mol. The SMILES string of the molecule is COc1ccc(CC(C)CN)nc1OC. The van der Waals surface area contributed by atoms with Crippen molar-refractivity contribution in [3.05, 3.63) is 17.8 Å². The van der Waals surface area contributed by atoms with Gasteiger partial charge in [-0.25, -0.2) is 4.98 Å². The average molecular weight is 210 g/mol. The fourth-order valence-corrected chi connectivity index (χ4v) is 1.32. The number of nitrogens with two attached hydrogens (primary N) is 1. The highest BCUT2D eigenvalue weighted by Gasteiger charge is 2.08. The van der Waals surface area contributed by atoms with Crippen molar-refractivity contribution in [3.8, 4) is 11.6 Å². The number of nitrogens with zero attached hydrogens (tertiary/aromatic N) is 1. The molecule has 0 spiro atoms. The molecule has 1 aromatic rings. The molecule has 2 N–H and O–H groups in total. The van der Waals surface area contributed by atoms with Crippen molar-refractivity contribution < 1.29 is 9.47 Å². The molecule has 84 valence electrons. The Bertz CT molecular complexity index is 315. The van der Waals surface area contributed by atoms with Gasteiger partial charge in [0.1, 0.15) is 0 Å². The molecule has 0 radical (unpaired) electrons. The van der Waals surface area contributed by atoms with Gasteiger partial charge in [0.15, 0.2) is 5.75 Å². The topological polar surface area (TPSA) is 57.4 Å². The summed E-state index contributed by atoms with van der Waals surface area (Å²) in [5.41, 5.74) is 6.54. The zero-order valence-corrected chi connectivity index (χ0v) is 9.49. The van der Waals surface area contributed by atoms with Crippen LogP contribution in [0.1, 0.15) is 12.6 Å². The zero-order chi connectivity index (χ0) is 11.3. The number of aromatic nitrogens is 1. The van der Waals surface area contributed by atoms with Crippen molar-refractivity contribution in [1.82, 2.24) is 4.98 Å². The molecule has 0 aliphatic heterocycles. The highest BCUT2D eigenvalue weighted by atomic mass is 16.5. The lowest BCUT2D eigenvalue weighted by molar-refractivity contribution is 0.341. The summed E-state index contributed by atoms with van der Waals surface area (Å²) in [7, 11) is 3.18. The van der Waals surface area contributed by atoms with E-state index in [1.54, 1.807) is 14.2 Å². The van der Waals surface area contributed by atoms with Crippen LogP contribution >= 0.6 is 0 Å². The van der Waals surface area contributed by atoms with Crippen molar-refractivity contribution in [2.45, 2.75) is 13.3 Å². The second-order valence-electron chi connectivity index (χ2n) is 3.56. The molecular weight excluding hydrogens is 192 g/mol. The quantitative estimate of drug-likeness (QED) is 0.794. The first-order valence-corrected chi connectivity index (χ1v) is 4.99. The third kappa shape index (κ3) is 3.09. The number of hydrogen-bond donors (Lipinski definition) is 1. The van der Waals surface area contributed by atoms with Crippen LogP contribution in [0.15, 0.2) is 12.1 Å². The van der Waals surface area contributed by atoms with E-state index in [1.807, 2.05) is 12.1 Å². The van der Waals surface area contributed by atoms with E-state index in [4.69, 9.17) is 15.2 Å². The number of methoxy groups -OCH3 is 2. The van der Waals surface area contributed by atoms with Crippen molar-refractivity contribution in [2.24, 2.45) is 11.7 Å². The summed E-state index contributed by atoms with van der Waals surface area (Å²) in [5.74, 6) is 1.61. The van der Waals surface area contributed by atoms with Gasteiger partial charge in [-0.05, 0) is 31.0 Å². The maximum absolute atomic E-state index is 5.56. The molecule has 0 saturated carbocycles. The molecule has 1 unspecified atom stereocenters. The summed E-state index contributed by atoms with van der Waals surface area (Å²) in [5, 5.41) is 0. The second-order valence-corrected chi connectivity index (χ2v) is 3.56. The highest BCUT2D eigenvalue weighted by Crippen LogP contribution is 2.24. The predicted octanol–water partition coefficient (Wildman–Crippen LogP) is 1.24. The van der Waals surface area contributed by atoms with Crippen molar-refractivity contribution in [3.63, 3.8) is 0 Å². The molecule has 0 aliphatic rings. The van der Waals surface area contributed by atoms with E-state index < -0.39 is 0 Å². The summed E-state index contributed by atoms with van der Waals surface area (Å²) in [6.45, 7) is 2.76. The van der Waals surface area contributed by atoms with Crippen molar-refractivity contribution in [1.29, 1.82) is 0 Å². The number of rotatable bonds is 5. The van der Waals surface area contributed by atoms with E-state index in [2.05, 4.69) is 11.9 Å². The predicted molar refractivity (Wildman–Crippen MR) is 59.3 cm³/mol. The number of ether oxygens (including phenoxy) is 2. The van der Waals surface area contributed by atoms with Crippen LogP contribution in [0.3, 0.4) is 0 Å². The van der Waals surface area contributed by atoms with Crippen LogP contribution in [0, 0.1) is 5.92 Å². The van der Waals surface area contributed by atoms with Gasteiger partial charge in [0, 0.05) is 5.69 Å². The Morgan fingerprint density at radius 3 is 2.60 bits per heavy atom. The first-order chi connectivity index (χ1) is 7.21. The maximum Gasteiger partial charge on any atom is 0.256 e. The smallest absolute Gasteiger partial charge is 0.256 e. The summed E-state index contributed by atoms with van der Waals surface area (Å²) in [4.78, 5) is 4.35. The molecule has 1 heterocycles. The van der Waals surface area contributed by atoms with Crippen LogP contribution in [-0.2, 0) is 6.42 Å². The molecule has 4 nitrogen and oxygen atoms in total. The minimum atomic E-state index is 0.426. The van der Waals surface area contributed by atoms with E-state index in [0.717, 1.165) is 12.1 Å². The molecule has 0 fully saturated rings. The lowest BCUT2D eigenvalue weighted by Crippen LogP contribution is -2.14. The fraction of sp³-hybridized carbons (Fsp3) is 0.545. The highest BCUT2D eigenvalue weighted by molar-refractivity contribution is 5.34. The standard InChI is InChI=1S/C11H18N2O2/c1-8(7-12)6-9-4-5-10(14-2)11(13-9)15-3/h4-5,8H,6-7,12H2,1-3H3. The first-order valence-electron chi connectivity index (χ1n) is 4.99. The average Bonchev–Trinajstić information content (AvgIpc) is 2.28. The minimum Gasteiger partial charge on any atom is -0.491 e. The van der Waals surface area contributed by atoms with Gasteiger partial charge in [-0.2, -0.15) is 0 Å². The van der Waals surface area contributed by atoms with Crippen molar-refractivity contribution >= 4 is 0 Å². The molecule has 0 saturated heterocycles. The molecular formula is C11H18N2O2. The van der Waals surface area contributed by atoms with Gasteiger partial charge in [-0.15, -0.1) is 0 Å². The summed E-state index contributed by atoms with van der Waals surface area (Å²) < 4.78 is 10.2. The van der Waals surface area contributed by atoms with Gasteiger partial charge in [-0.1, -0.05) is 6.92 Å². The second kappa shape index (κ2) is 5.56. The van der Waals surface area contributed by atoms with E-state index in [0.29, 0.717) is 24.1 Å². The number of hydrogen-bond acceptors (Lipinski definition) is 4. The van der Waals surface area contributed by atoms with Crippen LogP contribution in [-0.4, -0.2) is 25.7 Å². The van der Waals surface area contributed by atoms with Gasteiger partial charge in [0.2, 0.25) is 0 Å². The van der Waals surface area contributed by atoms with Crippen molar-refractivity contribution in [2.75, 3.05) is 20.8 Å². The van der Waals surface area contributed by atoms with Crippen LogP contribution in [0.25, 0.3) is 0 Å². The van der Waals surface area contributed by atoms with Gasteiger partial charge >= 0.3 is 0 Å². The molecule has 1 atom stereocenters. The molecule has 4 heteroatoms. The Morgan fingerprint density at radius 1 is 1.33 bits per heavy atom. The first kappa shape index (κ1) is 11.8. The summed E-state index contributed by atoms with van der Waals surface area (Å²) >= 11 is 0. The Labute approximate surface area is 90.4 Å². The van der Waals surface area contributed by atoms with E-state index >= 15 is 0 Å². The molecule has 1 aromatic heterocycles. The largest absolute Gasteiger partial charge is 0.491 e. The Hall–Kier alpha value is -1.29. The Balaban J connectivity index is 2.83. The third-order valence-corrected chi connectivity index (χ3v) is 2.26. The lowest BCUT2D eigenvalue weighted by Gasteiger charge is -2.10. The van der Waals surface area contributed by atoms with Gasteiger partial charge in [-0.3, -0.25) is 0 Å². The molecule has 1 rings (SSSR count). The lowest BCUT2D eigenvalue weighted by atomic mass is 10.1. The molecule has 0 bridgehead atoms.